The van der Waals surface area contributed by atoms with Crippen LogP contribution in [0.2, 0.25) is 0 Å². The summed E-state index contributed by atoms with van der Waals surface area (Å²) in [4.78, 5) is 21.3. The van der Waals surface area contributed by atoms with Crippen molar-refractivity contribution in [2.24, 2.45) is 5.41 Å². The summed E-state index contributed by atoms with van der Waals surface area (Å²) in [7, 11) is 0. The van der Waals surface area contributed by atoms with Gasteiger partial charge >= 0.3 is 12.1 Å². The van der Waals surface area contributed by atoms with Crippen molar-refractivity contribution in [3.05, 3.63) is 57.7 Å². The number of alkyl halides is 3. The maximum atomic E-state index is 13.3. The van der Waals surface area contributed by atoms with E-state index in [4.69, 9.17) is 19.2 Å². The van der Waals surface area contributed by atoms with E-state index in [0.29, 0.717) is 55.1 Å². The Bertz CT molecular complexity index is 1240. The monoisotopic (exact) mass is 534 g/mol. The second-order valence-electron chi connectivity index (χ2n) is 11.5. The summed E-state index contributed by atoms with van der Waals surface area (Å²) in [5.41, 5.74) is 1.40. The van der Waals surface area contributed by atoms with Gasteiger partial charge in [-0.05, 0) is 30.0 Å². The van der Waals surface area contributed by atoms with E-state index >= 15 is 0 Å². The molecule has 0 radical (unpaired) electrons. The van der Waals surface area contributed by atoms with Gasteiger partial charge in [0.15, 0.2) is 0 Å². The molecule has 10 heteroatoms. The first-order valence-electron chi connectivity index (χ1n) is 13.0. The molecule has 206 valence electrons. The topological polar surface area (TPSA) is 90.8 Å². The van der Waals surface area contributed by atoms with E-state index in [1.165, 1.54) is 13.0 Å². The lowest BCUT2D eigenvalue weighted by molar-refractivity contribution is -0.157. The van der Waals surface area contributed by atoms with Crippen molar-refractivity contribution >= 4 is 5.97 Å². The quantitative estimate of drug-likeness (QED) is 0.497. The van der Waals surface area contributed by atoms with Crippen LogP contribution >= 0.6 is 0 Å². The predicted molar refractivity (Wildman–Crippen MR) is 130 cm³/mol. The van der Waals surface area contributed by atoms with Gasteiger partial charge in [0.1, 0.15) is 12.2 Å². The average molecular weight is 535 g/mol. The van der Waals surface area contributed by atoms with Gasteiger partial charge < -0.3 is 19.3 Å². The zero-order valence-corrected chi connectivity index (χ0v) is 22.2. The van der Waals surface area contributed by atoms with E-state index in [0.717, 1.165) is 23.4 Å². The molecule has 4 heterocycles. The van der Waals surface area contributed by atoms with Crippen molar-refractivity contribution in [3.8, 4) is 0 Å². The predicted octanol–water partition coefficient (Wildman–Crippen LogP) is 5.81. The van der Waals surface area contributed by atoms with E-state index in [-0.39, 0.29) is 5.92 Å². The number of nitrogens with zero attached hydrogens (tertiary/aromatic N) is 2. The molecule has 3 aliphatic rings. The van der Waals surface area contributed by atoms with Crippen molar-refractivity contribution in [2.45, 2.75) is 89.9 Å². The molecule has 1 unspecified atom stereocenters. The number of pyridine rings is 2. The molecule has 0 bridgehead atoms. The van der Waals surface area contributed by atoms with Crippen LogP contribution in [-0.4, -0.2) is 34.3 Å². The Morgan fingerprint density at radius 3 is 2.42 bits per heavy atom. The molecule has 0 saturated carbocycles. The average Bonchev–Trinajstić information content (AvgIpc) is 3.14. The summed E-state index contributed by atoms with van der Waals surface area (Å²) < 4.78 is 58.0. The minimum atomic E-state index is -4.51. The van der Waals surface area contributed by atoms with Crippen molar-refractivity contribution in [2.75, 3.05) is 13.2 Å². The number of esters is 1. The molecule has 1 saturated heterocycles. The normalized spacial score (nSPS) is 25.8. The summed E-state index contributed by atoms with van der Waals surface area (Å²) in [6.45, 7) is 10.0. The number of hydrogen-bond donors (Lipinski definition) is 1. The first-order chi connectivity index (χ1) is 17.7. The lowest BCUT2D eigenvalue weighted by Crippen LogP contribution is -2.39. The first kappa shape index (κ1) is 27.0. The first-order valence-corrected chi connectivity index (χ1v) is 13.0. The smallest absolute Gasteiger partial charge is 0.417 e. The molecule has 1 fully saturated rings. The van der Waals surface area contributed by atoms with Crippen LogP contribution in [-0.2, 0) is 30.8 Å². The highest BCUT2D eigenvalue weighted by molar-refractivity contribution is 5.67. The van der Waals surface area contributed by atoms with Crippen LogP contribution in [0.15, 0.2) is 18.3 Å². The highest BCUT2D eigenvalue weighted by atomic mass is 19.4. The van der Waals surface area contributed by atoms with Crippen LogP contribution in [0.1, 0.15) is 117 Å². The number of fused-ring (bicyclic) bond motifs is 4. The Labute approximate surface area is 219 Å². The molecule has 1 aliphatic carbocycles. The molecule has 38 heavy (non-hydrogen) atoms. The molecule has 3 atom stereocenters. The molecular weight excluding hydrogens is 501 g/mol. The third kappa shape index (κ3) is 4.40. The molecule has 5 rings (SSSR count). The van der Waals surface area contributed by atoms with Crippen LogP contribution in [0.25, 0.3) is 0 Å². The minimum Gasteiger partial charge on any atom is -0.455 e. The van der Waals surface area contributed by atoms with E-state index < -0.39 is 47.0 Å². The summed E-state index contributed by atoms with van der Waals surface area (Å²) in [6, 6.07) is 2.36. The van der Waals surface area contributed by atoms with Gasteiger partial charge in [0.05, 0.1) is 28.7 Å². The summed E-state index contributed by atoms with van der Waals surface area (Å²) in [6.07, 6.45) is -4.69. The number of carbonyl (C=O) groups excluding carboxylic acids is 1. The van der Waals surface area contributed by atoms with Gasteiger partial charge in [-0.1, -0.05) is 27.7 Å². The lowest BCUT2D eigenvalue weighted by Gasteiger charge is -2.43. The molecule has 0 aromatic carbocycles. The summed E-state index contributed by atoms with van der Waals surface area (Å²) in [5, 5.41) is 11.5. The van der Waals surface area contributed by atoms with Crippen LogP contribution in [0, 0.1) is 5.41 Å². The van der Waals surface area contributed by atoms with Crippen LogP contribution in [0.5, 0.6) is 0 Å². The molecule has 1 spiro atoms. The number of aliphatic hydroxyl groups excluding tert-OH is 1. The van der Waals surface area contributed by atoms with Crippen molar-refractivity contribution in [1.29, 1.82) is 0 Å². The second-order valence-corrected chi connectivity index (χ2v) is 11.5. The van der Waals surface area contributed by atoms with Gasteiger partial charge in [-0.2, -0.15) is 13.2 Å². The second kappa shape index (κ2) is 9.27. The zero-order valence-electron chi connectivity index (χ0n) is 22.2. The summed E-state index contributed by atoms with van der Waals surface area (Å²) in [5.74, 6) is -0.535. The van der Waals surface area contributed by atoms with Gasteiger partial charge in [-0.25, -0.2) is 0 Å². The Balaban J connectivity index is 1.78. The number of hydrogen-bond acceptors (Lipinski definition) is 7. The maximum Gasteiger partial charge on any atom is 0.417 e. The molecule has 0 amide bonds. The van der Waals surface area contributed by atoms with Gasteiger partial charge in [0, 0.05) is 61.4 Å². The van der Waals surface area contributed by atoms with E-state index in [2.05, 4.69) is 4.98 Å². The molecular formula is C28H33F3N2O5. The fourth-order valence-corrected chi connectivity index (χ4v) is 6.19. The third-order valence-corrected chi connectivity index (χ3v) is 7.92. The maximum absolute atomic E-state index is 13.3. The van der Waals surface area contributed by atoms with Crippen molar-refractivity contribution in [3.63, 3.8) is 0 Å². The van der Waals surface area contributed by atoms with Crippen LogP contribution in [0.4, 0.5) is 13.2 Å². The fourth-order valence-electron chi connectivity index (χ4n) is 6.19. The minimum absolute atomic E-state index is 0.0928. The van der Waals surface area contributed by atoms with E-state index in [1.54, 1.807) is 0 Å². The largest absolute Gasteiger partial charge is 0.455 e. The number of halogens is 3. The molecule has 1 N–H and O–H groups in total. The Kier molecular flexibility index (Phi) is 6.60. The highest BCUT2D eigenvalue weighted by Gasteiger charge is 2.54. The lowest BCUT2D eigenvalue weighted by atomic mass is 9.68. The number of aliphatic hydroxyl groups is 1. The molecule has 2 aliphatic heterocycles. The van der Waals surface area contributed by atoms with Crippen molar-refractivity contribution in [1.82, 2.24) is 9.97 Å². The number of ether oxygens (including phenoxy) is 3. The zero-order chi connectivity index (χ0) is 27.6. The van der Waals surface area contributed by atoms with Gasteiger partial charge in [0.2, 0.25) is 0 Å². The number of aromatic nitrogens is 2. The standard InChI is InChI=1S/C28H33F3N2O5/c1-14(2)22-20-21(19-18(35)12-26(4,5)25(23(19)33-22)37-15(3)34)27(8-10-36-11-9-27)38-24(20)17-7-6-16(13-32-17)28(29,30)31/h6-7,13-14,18,24-25,35H,8-12H2,1-5H3/t18?,24-,25-/m1/s1. The number of rotatable bonds is 3. The number of carbonyl (C=O) groups is 1. The van der Waals surface area contributed by atoms with Gasteiger partial charge in [0.25, 0.3) is 0 Å². The Morgan fingerprint density at radius 1 is 1.18 bits per heavy atom. The molecule has 7 nitrogen and oxygen atoms in total. The Morgan fingerprint density at radius 2 is 1.87 bits per heavy atom. The SMILES string of the molecule is CC(=O)O[C@@H]1c2nc(C(C)C)c3c(c2C(O)CC1(C)C)C1(CCOCC1)O[C@@H]3c1ccc(C(F)(F)F)cn1. The van der Waals surface area contributed by atoms with Gasteiger partial charge in [-0.3, -0.25) is 14.8 Å². The fraction of sp³-hybridized carbons (Fsp3) is 0.607. The highest BCUT2D eigenvalue weighted by Crippen LogP contribution is 2.59. The van der Waals surface area contributed by atoms with Crippen LogP contribution in [0.3, 0.4) is 0 Å². The van der Waals surface area contributed by atoms with Gasteiger partial charge in [-0.15, -0.1) is 0 Å². The van der Waals surface area contributed by atoms with Crippen molar-refractivity contribution < 1.29 is 37.3 Å². The third-order valence-electron chi connectivity index (χ3n) is 7.92. The molecule has 2 aromatic heterocycles. The summed E-state index contributed by atoms with van der Waals surface area (Å²) >= 11 is 0. The van der Waals surface area contributed by atoms with E-state index in [1.807, 2.05) is 27.7 Å². The Hall–Kier alpha value is -2.56. The molecule has 2 aromatic rings. The van der Waals surface area contributed by atoms with E-state index in [9.17, 15) is 23.1 Å². The van der Waals surface area contributed by atoms with Crippen LogP contribution < -0.4 is 0 Å².